The van der Waals surface area contributed by atoms with Gasteiger partial charge in [-0.1, -0.05) is 121 Å². The molecule has 0 aliphatic carbocycles. The minimum atomic E-state index is 0.840. The van der Waals surface area contributed by atoms with Gasteiger partial charge >= 0.3 is 0 Å². The average Bonchev–Trinajstić information content (AvgIpc) is 3.67. The van der Waals surface area contributed by atoms with Crippen LogP contribution in [0.4, 0.5) is 0 Å². The molecule has 9 aromatic carbocycles. The highest BCUT2D eigenvalue weighted by Gasteiger charge is 2.23. The molecule has 0 saturated carbocycles. The maximum absolute atomic E-state index is 6.48. The summed E-state index contributed by atoms with van der Waals surface area (Å²) in [7, 11) is 0. The Balaban J connectivity index is 1.29. The number of para-hydroxylation sites is 2. The predicted molar refractivity (Wildman–Crippen MR) is 193 cm³/mol. The molecule has 0 aliphatic heterocycles. The van der Waals surface area contributed by atoms with Crippen molar-refractivity contribution in [2.24, 2.45) is 0 Å². The Bertz CT molecular complexity index is 2940. The Morgan fingerprint density at radius 1 is 0.304 bits per heavy atom. The van der Waals surface area contributed by atoms with Crippen molar-refractivity contribution in [2.45, 2.75) is 0 Å². The fourth-order valence-electron chi connectivity index (χ4n) is 7.99. The van der Waals surface area contributed by atoms with E-state index in [2.05, 4.69) is 133 Å². The van der Waals surface area contributed by atoms with E-state index in [0.717, 1.165) is 49.4 Å². The molecule has 0 aliphatic rings. The Kier molecular flexibility index (Phi) is 4.61. The zero-order valence-electron chi connectivity index (χ0n) is 24.7. The second kappa shape index (κ2) is 8.74. The largest absolute Gasteiger partial charge is 0.456 e. The van der Waals surface area contributed by atoms with E-state index in [-0.39, 0.29) is 0 Å². The molecular weight excluding hydrogens is 560 g/mol. The maximum Gasteiger partial charge on any atom is 0.139 e. The topological polar surface area (TPSA) is 26.3 Å². The van der Waals surface area contributed by atoms with E-state index in [9.17, 15) is 0 Å². The van der Waals surface area contributed by atoms with Gasteiger partial charge in [-0.2, -0.15) is 0 Å². The van der Waals surface area contributed by atoms with Crippen molar-refractivity contribution in [2.75, 3.05) is 0 Å². The third-order valence-electron chi connectivity index (χ3n) is 10.0. The first-order chi connectivity index (χ1) is 22.8. The molecule has 0 atom stereocenters. The molecule has 11 rings (SSSR count). The van der Waals surface area contributed by atoms with Crippen molar-refractivity contribution in [1.82, 2.24) is 0 Å². The van der Waals surface area contributed by atoms with E-state index in [0.29, 0.717) is 0 Å². The Hall–Kier alpha value is -6.12. The summed E-state index contributed by atoms with van der Waals surface area (Å²) in [5.74, 6) is 0. The summed E-state index contributed by atoms with van der Waals surface area (Å²) >= 11 is 0. The van der Waals surface area contributed by atoms with Crippen molar-refractivity contribution in [3.8, 4) is 22.3 Å². The zero-order chi connectivity index (χ0) is 29.9. The summed E-state index contributed by atoms with van der Waals surface area (Å²) in [6, 6.07) is 52.5. The maximum atomic E-state index is 6.48. The molecule has 2 heterocycles. The van der Waals surface area contributed by atoms with E-state index in [1.165, 1.54) is 59.8 Å². The molecule has 2 nitrogen and oxygen atoms in total. The number of benzene rings is 9. The molecule has 11 aromatic rings. The van der Waals surface area contributed by atoms with Gasteiger partial charge in [0.2, 0.25) is 0 Å². The summed E-state index contributed by atoms with van der Waals surface area (Å²) in [4.78, 5) is 0. The van der Waals surface area contributed by atoms with Gasteiger partial charge in [0.15, 0.2) is 0 Å². The van der Waals surface area contributed by atoms with Gasteiger partial charge in [0.1, 0.15) is 22.3 Å². The number of fused-ring (bicyclic) bond motifs is 7. The quantitative estimate of drug-likeness (QED) is 0.189. The summed E-state index contributed by atoms with van der Waals surface area (Å²) in [6.45, 7) is 0. The number of hydrogen-bond acceptors (Lipinski definition) is 2. The molecule has 0 bridgehead atoms. The van der Waals surface area contributed by atoms with Gasteiger partial charge in [0.05, 0.1) is 0 Å². The lowest BCUT2D eigenvalue weighted by atomic mass is 9.85. The fourth-order valence-corrected chi connectivity index (χ4v) is 7.99. The molecular formula is C44H24O2. The monoisotopic (exact) mass is 584 g/mol. The second-order valence-electron chi connectivity index (χ2n) is 12.4. The van der Waals surface area contributed by atoms with Crippen molar-refractivity contribution in [1.29, 1.82) is 0 Å². The van der Waals surface area contributed by atoms with Crippen LogP contribution >= 0.6 is 0 Å². The van der Waals surface area contributed by atoms with Crippen LogP contribution in [0.1, 0.15) is 0 Å². The highest BCUT2D eigenvalue weighted by Crippen LogP contribution is 2.49. The smallest absolute Gasteiger partial charge is 0.139 e. The zero-order valence-corrected chi connectivity index (χ0v) is 24.7. The van der Waals surface area contributed by atoms with Crippen LogP contribution in [0, 0.1) is 0 Å². The lowest BCUT2D eigenvalue weighted by molar-refractivity contribution is 0.656. The Morgan fingerprint density at radius 2 is 0.826 bits per heavy atom. The highest BCUT2D eigenvalue weighted by molar-refractivity contribution is 6.32. The number of hydrogen-bond donors (Lipinski definition) is 0. The normalized spacial score (nSPS) is 12.3. The van der Waals surface area contributed by atoms with E-state index < -0.39 is 0 Å². The summed E-state index contributed by atoms with van der Waals surface area (Å²) in [5.41, 5.74) is 8.28. The van der Waals surface area contributed by atoms with Gasteiger partial charge in [-0.05, 0) is 78.0 Å². The molecule has 2 heteroatoms. The van der Waals surface area contributed by atoms with Crippen LogP contribution in [0.25, 0.3) is 109 Å². The third kappa shape index (κ3) is 3.15. The summed E-state index contributed by atoms with van der Waals surface area (Å²) in [5, 5.41) is 14.6. The van der Waals surface area contributed by atoms with Crippen LogP contribution in [-0.4, -0.2) is 0 Å². The number of rotatable bonds is 2. The van der Waals surface area contributed by atoms with Gasteiger partial charge in [-0.3, -0.25) is 0 Å². The molecule has 0 unspecified atom stereocenters. The van der Waals surface area contributed by atoms with E-state index >= 15 is 0 Å². The lowest BCUT2D eigenvalue weighted by Gasteiger charge is -2.17. The van der Waals surface area contributed by atoms with Crippen LogP contribution in [0.5, 0.6) is 0 Å². The first kappa shape index (κ1) is 24.2. The van der Waals surface area contributed by atoms with Crippen LogP contribution in [-0.2, 0) is 0 Å². The molecule has 0 spiro atoms. The third-order valence-corrected chi connectivity index (χ3v) is 10.0. The van der Waals surface area contributed by atoms with Gasteiger partial charge in [-0.25, -0.2) is 0 Å². The predicted octanol–water partition coefficient (Wildman–Crippen LogP) is 12.9. The summed E-state index contributed by atoms with van der Waals surface area (Å²) < 4.78 is 13.0. The summed E-state index contributed by atoms with van der Waals surface area (Å²) in [6.07, 6.45) is 0. The van der Waals surface area contributed by atoms with E-state index in [1.54, 1.807) is 0 Å². The van der Waals surface area contributed by atoms with Crippen LogP contribution in [0.2, 0.25) is 0 Å². The van der Waals surface area contributed by atoms with Gasteiger partial charge < -0.3 is 8.83 Å². The minimum Gasteiger partial charge on any atom is -0.456 e. The van der Waals surface area contributed by atoms with Crippen molar-refractivity contribution in [3.05, 3.63) is 146 Å². The Labute approximate surface area is 263 Å². The molecule has 0 amide bonds. The molecule has 212 valence electrons. The van der Waals surface area contributed by atoms with Crippen LogP contribution in [0.15, 0.2) is 154 Å². The molecule has 2 aromatic heterocycles. The molecule has 46 heavy (non-hydrogen) atoms. The Morgan fingerprint density at radius 3 is 1.50 bits per heavy atom. The van der Waals surface area contributed by atoms with E-state index in [1.807, 2.05) is 12.1 Å². The van der Waals surface area contributed by atoms with Crippen LogP contribution < -0.4 is 0 Å². The molecule has 0 N–H and O–H groups in total. The molecule has 0 radical (unpaired) electrons. The second-order valence-corrected chi connectivity index (χ2v) is 12.4. The minimum absolute atomic E-state index is 0.840. The van der Waals surface area contributed by atoms with Crippen LogP contribution in [0.3, 0.4) is 0 Å². The average molecular weight is 585 g/mol. The molecule has 0 fully saturated rings. The van der Waals surface area contributed by atoms with Gasteiger partial charge in [0, 0.05) is 33.2 Å². The SMILES string of the molecule is c1ccc2cc(-c3ccc4ccc5c(-c6c7c(cc8oc9ccccc9c68)oc6ccccc67)ccc6ccc3c4c65)ccc2c1. The van der Waals surface area contributed by atoms with Crippen molar-refractivity contribution in [3.63, 3.8) is 0 Å². The van der Waals surface area contributed by atoms with Crippen molar-refractivity contribution >= 4 is 87.0 Å². The standard InChI is InChI=1S/C44H24O2/c1-2-8-28-23-29(14-13-25(28)7-1)30-19-15-26-17-21-32-33(22-18-27-16-20-31(30)40(26)41(27)32)44-42-34-9-3-5-11-36(34)45-38(42)24-39-43(44)35-10-4-6-12-37(35)46-39/h1-24H. The first-order valence-electron chi connectivity index (χ1n) is 15.8. The van der Waals surface area contributed by atoms with Gasteiger partial charge in [-0.15, -0.1) is 0 Å². The lowest BCUT2D eigenvalue weighted by Crippen LogP contribution is -1.90. The van der Waals surface area contributed by atoms with Gasteiger partial charge in [0.25, 0.3) is 0 Å². The molecule has 0 saturated heterocycles. The van der Waals surface area contributed by atoms with Crippen molar-refractivity contribution < 1.29 is 8.83 Å². The number of furan rings is 2. The first-order valence-corrected chi connectivity index (χ1v) is 15.8. The fraction of sp³-hybridized carbons (Fsp3) is 0. The van der Waals surface area contributed by atoms with E-state index in [4.69, 9.17) is 8.83 Å². The highest BCUT2D eigenvalue weighted by atomic mass is 16.3.